The lowest BCUT2D eigenvalue weighted by atomic mass is 10.1. The maximum absolute atomic E-state index is 11.4. The minimum absolute atomic E-state index is 0.0758. The molecule has 1 rings (SSSR count). The molecule has 1 saturated heterocycles. The van der Waals surface area contributed by atoms with E-state index in [0.29, 0.717) is 18.0 Å². The van der Waals surface area contributed by atoms with E-state index in [9.17, 15) is 4.79 Å². The standard InChI is InChI=1S/C9H17N3OS/c1-6(5-8(10)14)12-4-3-11-9(13)7(12)2/h6-7H,3-5H2,1-2H3,(H2,10,14)(H,11,13). The van der Waals surface area contributed by atoms with Crippen molar-refractivity contribution in [2.75, 3.05) is 13.1 Å². The fraction of sp³-hybridized carbons (Fsp3) is 0.778. The molecule has 0 radical (unpaired) electrons. The third kappa shape index (κ3) is 2.65. The van der Waals surface area contributed by atoms with Gasteiger partial charge in [-0.25, -0.2) is 0 Å². The van der Waals surface area contributed by atoms with Gasteiger partial charge in [-0.1, -0.05) is 12.2 Å². The van der Waals surface area contributed by atoms with E-state index in [-0.39, 0.29) is 18.0 Å². The van der Waals surface area contributed by atoms with Crippen LogP contribution in [-0.4, -0.2) is 41.0 Å². The summed E-state index contributed by atoms with van der Waals surface area (Å²) >= 11 is 4.86. The number of hydrogen-bond donors (Lipinski definition) is 2. The van der Waals surface area contributed by atoms with Crippen LogP contribution in [0, 0.1) is 0 Å². The number of nitrogens with zero attached hydrogens (tertiary/aromatic N) is 1. The Balaban J connectivity index is 2.57. The summed E-state index contributed by atoms with van der Waals surface area (Å²) in [6, 6.07) is 0.168. The van der Waals surface area contributed by atoms with Gasteiger partial charge in [0.25, 0.3) is 0 Å². The van der Waals surface area contributed by atoms with E-state index < -0.39 is 0 Å². The van der Waals surface area contributed by atoms with Crippen LogP contribution in [0.3, 0.4) is 0 Å². The van der Waals surface area contributed by atoms with Crippen molar-refractivity contribution >= 4 is 23.1 Å². The quantitative estimate of drug-likeness (QED) is 0.644. The van der Waals surface area contributed by atoms with Crippen molar-refractivity contribution in [1.29, 1.82) is 0 Å². The summed E-state index contributed by atoms with van der Waals surface area (Å²) in [5, 5.41) is 2.83. The van der Waals surface area contributed by atoms with Crippen LogP contribution in [0.2, 0.25) is 0 Å². The second kappa shape index (κ2) is 4.70. The molecule has 0 spiro atoms. The minimum atomic E-state index is -0.0758. The number of carbonyl (C=O) groups is 1. The highest BCUT2D eigenvalue weighted by Gasteiger charge is 2.28. The van der Waals surface area contributed by atoms with Crippen LogP contribution >= 0.6 is 12.2 Å². The molecule has 5 heteroatoms. The van der Waals surface area contributed by atoms with Gasteiger partial charge in [0.05, 0.1) is 11.0 Å². The SMILES string of the molecule is CC(CC(N)=S)N1CCNC(=O)C1C. The Kier molecular flexibility index (Phi) is 3.83. The molecule has 0 aliphatic carbocycles. The lowest BCUT2D eigenvalue weighted by molar-refractivity contribution is -0.129. The third-order valence-electron chi connectivity index (χ3n) is 2.61. The number of hydrogen-bond acceptors (Lipinski definition) is 3. The normalized spacial score (nSPS) is 25.6. The van der Waals surface area contributed by atoms with E-state index in [2.05, 4.69) is 10.2 Å². The molecule has 80 valence electrons. The monoisotopic (exact) mass is 215 g/mol. The zero-order valence-electron chi connectivity index (χ0n) is 8.62. The van der Waals surface area contributed by atoms with Gasteiger partial charge in [-0.15, -0.1) is 0 Å². The van der Waals surface area contributed by atoms with E-state index in [1.807, 2.05) is 13.8 Å². The van der Waals surface area contributed by atoms with Crippen molar-refractivity contribution in [3.05, 3.63) is 0 Å². The Labute approximate surface area is 89.8 Å². The highest BCUT2D eigenvalue weighted by molar-refractivity contribution is 7.80. The van der Waals surface area contributed by atoms with Crippen LogP contribution in [0.15, 0.2) is 0 Å². The maximum Gasteiger partial charge on any atom is 0.237 e. The molecule has 0 bridgehead atoms. The number of carbonyl (C=O) groups excluding carboxylic acids is 1. The van der Waals surface area contributed by atoms with Gasteiger partial charge < -0.3 is 11.1 Å². The lowest BCUT2D eigenvalue weighted by Gasteiger charge is -2.37. The number of nitrogens with one attached hydrogen (secondary N) is 1. The molecule has 0 aromatic carbocycles. The van der Waals surface area contributed by atoms with Crippen molar-refractivity contribution in [2.24, 2.45) is 5.73 Å². The van der Waals surface area contributed by atoms with Crippen LogP contribution in [0.25, 0.3) is 0 Å². The molecule has 1 aliphatic rings. The Hall–Kier alpha value is -0.680. The summed E-state index contributed by atoms with van der Waals surface area (Å²) in [6.07, 6.45) is 0.674. The van der Waals surface area contributed by atoms with Crippen molar-refractivity contribution < 1.29 is 4.79 Å². The molecule has 0 aromatic rings. The molecule has 2 atom stereocenters. The minimum Gasteiger partial charge on any atom is -0.393 e. The summed E-state index contributed by atoms with van der Waals surface area (Å²) in [6.45, 7) is 5.54. The summed E-state index contributed by atoms with van der Waals surface area (Å²) in [7, 11) is 0. The van der Waals surface area contributed by atoms with Gasteiger partial charge >= 0.3 is 0 Å². The first-order valence-electron chi connectivity index (χ1n) is 4.84. The van der Waals surface area contributed by atoms with E-state index >= 15 is 0 Å². The van der Waals surface area contributed by atoms with Gasteiger partial charge in [-0.05, 0) is 13.8 Å². The van der Waals surface area contributed by atoms with Crippen molar-refractivity contribution in [2.45, 2.75) is 32.4 Å². The van der Waals surface area contributed by atoms with Gasteiger partial charge in [0.2, 0.25) is 5.91 Å². The molecule has 2 unspecified atom stereocenters. The molecular formula is C9H17N3OS. The summed E-state index contributed by atoms with van der Waals surface area (Å²) in [4.78, 5) is 14.0. The highest BCUT2D eigenvalue weighted by atomic mass is 32.1. The molecule has 1 aliphatic heterocycles. The van der Waals surface area contributed by atoms with Gasteiger partial charge in [-0.2, -0.15) is 0 Å². The first kappa shape index (κ1) is 11.4. The number of thiocarbonyl (C=S) groups is 1. The molecule has 0 aromatic heterocycles. The van der Waals surface area contributed by atoms with Gasteiger partial charge in [0.1, 0.15) is 0 Å². The Bertz CT molecular complexity index is 244. The Morgan fingerprint density at radius 1 is 1.86 bits per heavy atom. The second-order valence-electron chi connectivity index (χ2n) is 3.72. The van der Waals surface area contributed by atoms with Gasteiger partial charge in [0, 0.05) is 25.6 Å². The zero-order chi connectivity index (χ0) is 10.7. The Morgan fingerprint density at radius 3 is 3.07 bits per heavy atom. The van der Waals surface area contributed by atoms with E-state index in [4.69, 9.17) is 18.0 Å². The average Bonchev–Trinajstić information content (AvgIpc) is 2.08. The third-order valence-corrected chi connectivity index (χ3v) is 2.78. The predicted octanol–water partition coefficient (Wildman–Crippen LogP) is -0.129. The fourth-order valence-corrected chi connectivity index (χ4v) is 2.05. The number of amides is 1. The van der Waals surface area contributed by atoms with Crippen molar-refractivity contribution in [3.63, 3.8) is 0 Å². The number of rotatable bonds is 3. The second-order valence-corrected chi connectivity index (χ2v) is 4.25. The van der Waals surface area contributed by atoms with E-state index in [0.717, 1.165) is 6.54 Å². The van der Waals surface area contributed by atoms with Gasteiger partial charge in [-0.3, -0.25) is 9.69 Å². The topological polar surface area (TPSA) is 58.4 Å². The molecule has 1 amide bonds. The molecule has 4 nitrogen and oxygen atoms in total. The van der Waals surface area contributed by atoms with Crippen LogP contribution in [0.1, 0.15) is 20.3 Å². The molecule has 3 N–H and O–H groups in total. The summed E-state index contributed by atoms with van der Waals surface area (Å²) < 4.78 is 0. The van der Waals surface area contributed by atoms with Crippen LogP contribution in [-0.2, 0) is 4.79 Å². The number of nitrogens with two attached hydrogens (primary N) is 1. The smallest absolute Gasteiger partial charge is 0.237 e. The zero-order valence-corrected chi connectivity index (χ0v) is 9.43. The number of piperazine rings is 1. The highest BCUT2D eigenvalue weighted by Crippen LogP contribution is 2.11. The first-order valence-corrected chi connectivity index (χ1v) is 5.25. The fourth-order valence-electron chi connectivity index (χ4n) is 1.81. The average molecular weight is 215 g/mol. The lowest BCUT2D eigenvalue weighted by Crippen LogP contribution is -2.57. The van der Waals surface area contributed by atoms with Crippen LogP contribution in [0.5, 0.6) is 0 Å². The van der Waals surface area contributed by atoms with Gasteiger partial charge in [0.15, 0.2) is 0 Å². The van der Waals surface area contributed by atoms with Crippen molar-refractivity contribution in [3.8, 4) is 0 Å². The predicted molar refractivity (Wildman–Crippen MR) is 60.0 cm³/mol. The summed E-state index contributed by atoms with van der Waals surface area (Å²) in [5.74, 6) is 0.0889. The summed E-state index contributed by atoms with van der Waals surface area (Å²) in [5.41, 5.74) is 5.48. The Morgan fingerprint density at radius 2 is 2.50 bits per heavy atom. The van der Waals surface area contributed by atoms with E-state index in [1.54, 1.807) is 0 Å². The van der Waals surface area contributed by atoms with Crippen LogP contribution < -0.4 is 11.1 Å². The van der Waals surface area contributed by atoms with Crippen LogP contribution in [0.4, 0.5) is 0 Å². The first-order chi connectivity index (χ1) is 6.52. The molecule has 0 saturated carbocycles. The maximum atomic E-state index is 11.4. The largest absolute Gasteiger partial charge is 0.393 e. The van der Waals surface area contributed by atoms with Crippen molar-refractivity contribution in [1.82, 2.24) is 10.2 Å². The molecule has 1 heterocycles. The molecular weight excluding hydrogens is 198 g/mol. The molecule has 1 fully saturated rings. The van der Waals surface area contributed by atoms with E-state index in [1.165, 1.54) is 0 Å². The molecule has 14 heavy (non-hydrogen) atoms.